The van der Waals surface area contributed by atoms with Gasteiger partial charge in [-0.1, -0.05) is 6.07 Å². The fourth-order valence-corrected chi connectivity index (χ4v) is 3.12. The molecule has 0 aliphatic heterocycles. The molecule has 0 radical (unpaired) electrons. The fourth-order valence-electron chi connectivity index (χ4n) is 2.44. The molecule has 9 heteroatoms. The van der Waals surface area contributed by atoms with Crippen LogP contribution in [0.2, 0.25) is 0 Å². The Labute approximate surface area is 151 Å². The Hall–Kier alpha value is -2.78. The van der Waals surface area contributed by atoms with Crippen LogP contribution in [0.15, 0.2) is 53.8 Å². The Morgan fingerprint density at radius 3 is 2.58 bits per heavy atom. The Balaban J connectivity index is 1.70. The third-order valence-corrected chi connectivity index (χ3v) is 5.29. The SMILES string of the molecule is CNS(=O)(=O)c1ccc(NCc2ccc(-n3ccnc3C)c(F)c2)nc1. The highest BCUT2D eigenvalue weighted by Gasteiger charge is 2.11. The molecule has 0 saturated heterocycles. The number of imidazole rings is 1. The van der Waals surface area contributed by atoms with Crippen LogP contribution in [-0.4, -0.2) is 30.0 Å². The molecule has 0 aliphatic rings. The van der Waals surface area contributed by atoms with E-state index in [9.17, 15) is 12.8 Å². The average Bonchev–Trinajstić information content (AvgIpc) is 3.06. The van der Waals surface area contributed by atoms with Crippen molar-refractivity contribution in [1.29, 1.82) is 0 Å². The summed E-state index contributed by atoms with van der Waals surface area (Å²) in [5.41, 5.74) is 1.17. The van der Waals surface area contributed by atoms with Crippen LogP contribution in [0.3, 0.4) is 0 Å². The van der Waals surface area contributed by atoms with Gasteiger partial charge in [0.2, 0.25) is 10.0 Å². The van der Waals surface area contributed by atoms with Gasteiger partial charge in [-0.05, 0) is 43.8 Å². The zero-order valence-electron chi connectivity index (χ0n) is 14.3. The van der Waals surface area contributed by atoms with Gasteiger partial charge in [0.15, 0.2) is 0 Å². The third kappa shape index (κ3) is 3.73. The van der Waals surface area contributed by atoms with Crippen molar-refractivity contribution in [2.24, 2.45) is 0 Å². The molecule has 0 bridgehead atoms. The second kappa shape index (κ2) is 7.22. The number of hydrogen-bond donors (Lipinski definition) is 2. The van der Waals surface area contributed by atoms with Gasteiger partial charge in [0.05, 0.1) is 5.69 Å². The van der Waals surface area contributed by atoms with Gasteiger partial charge in [-0.25, -0.2) is 27.5 Å². The number of pyridine rings is 1. The Kier molecular flexibility index (Phi) is 5.01. The van der Waals surface area contributed by atoms with Crippen molar-refractivity contribution in [3.05, 3.63) is 66.1 Å². The van der Waals surface area contributed by atoms with Crippen LogP contribution in [0.4, 0.5) is 10.2 Å². The summed E-state index contributed by atoms with van der Waals surface area (Å²) >= 11 is 0. The Morgan fingerprint density at radius 1 is 1.19 bits per heavy atom. The number of hydrogen-bond acceptors (Lipinski definition) is 5. The van der Waals surface area contributed by atoms with Crippen molar-refractivity contribution in [2.75, 3.05) is 12.4 Å². The number of rotatable bonds is 6. The highest BCUT2D eigenvalue weighted by atomic mass is 32.2. The lowest BCUT2D eigenvalue weighted by atomic mass is 10.2. The molecule has 3 aromatic rings. The van der Waals surface area contributed by atoms with Crippen LogP contribution in [-0.2, 0) is 16.6 Å². The lowest BCUT2D eigenvalue weighted by Gasteiger charge is -2.10. The summed E-state index contributed by atoms with van der Waals surface area (Å²) in [4.78, 5) is 8.24. The summed E-state index contributed by atoms with van der Waals surface area (Å²) in [6, 6.07) is 7.96. The standard InChI is InChI=1S/C17H18FN5O2S/c1-12-20-7-8-23(12)16-5-3-13(9-15(16)18)10-21-17-6-4-14(11-22-17)26(24,25)19-2/h3-9,11,19H,10H2,1-2H3,(H,21,22). The first-order valence-electron chi connectivity index (χ1n) is 7.83. The van der Waals surface area contributed by atoms with Crippen LogP contribution >= 0.6 is 0 Å². The number of benzene rings is 1. The molecule has 26 heavy (non-hydrogen) atoms. The maximum absolute atomic E-state index is 14.4. The van der Waals surface area contributed by atoms with Gasteiger partial charge in [-0.3, -0.25) is 0 Å². The molecule has 2 N–H and O–H groups in total. The maximum atomic E-state index is 14.4. The summed E-state index contributed by atoms with van der Waals surface area (Å²) < 4.78 is 41.6. The molecule has 1 aromatic carbocycles. The van der Waals surface area contributed by atoms with E-state index in [0.717, 1.165) is 5.56 Å². The van der Waals surface area contributed by atoms with E-state index in [0.29, 0.717) is 23.9 Å². The molecular weight excluding hydrogens is 357 g/mol. The zero-order valence-corrected chi connectivity index (χ0v) is 15.1. The van der Waals surface area contributed by atoms with E-state index in [4.69, 9.17) is 0 Å². The van der Waals surface area contributed by atoms with Crippen molar-refractivity contribution in [1.82, 2.24) is 19.3 Å². The number of nitrogens with one attached hydrogen (secondary N) is 2. The normalized spacial score (nSPS) is 11.5. The number of anilines is 1. The van der Waals surface area contributed by atoms with Gasteiger partial charge in [0, 0.05) is 25.1 Å². The number of sulfonamides is 1. The first-order chi connectivity index (χ1) is 12.4. The molecule has 0 saturated carbocycles. The van der Waals surface area contributed by atoms with E-state index in [1.165, 1.54) is 25.4 Å². The van der Waals surface area contributed by atoms with Gasteiger partial charge in [0.25, 0.3) is 0 Å². The molecule has 0 spiro atoms. The second-order valence-corrected chi connectivity index (χ2v) is 7.46. The molecular formula is C17H18FN5O2S. The topological polar surface area (TPSA) is 88.9 Å². The van der Waals surface area contributed by atoms with Crippen LogP contribution in [0.1, 0.15) is 11.4 Å². The maximum Gasteiger partial charge on any atom is 0.241 e. The lowest BCUT2D eigenvalue weighted by molar-refractivity contribution is 0.588. The minimum Gasteiger partial charge on any atom is -0.366 e. The Bertz CT molecular complexity index is 1020. The first kappa shape index (κ1) is 18.0. The van der Waals surface area contributed by atoms with E-state index >= 15 is 0 Å². The van der Waals surface area contributed by atoms with E-state index in [-0.39, 0.29) is 10.7 Å². The number of halogens is 1. The molecule has 0 atom stereocenters. The molecule has 2 heterocycles. The minimum atomic E-state index is -3.51. The third-order valence-electron chi connectivity index (χ3n) is 3.89. The smallest absolute Gasteiger partial charge is 0.241 e. The first-order valence-corrected chi connectivity index (χ1v) is 9.31. The van der Waals surface area contributed by atoms with E-state index < -0.39 is 10.0 Å². The molecule has 0 fully saturated rings. The largest absolute Gasteiger partial charge is 0.366 e. The summed E-state index contributed by atoms with van der Waals surface area (Å²) in [5.74, 6) is 0.847. The molecule has 7 nitrogen and oxygen atoms in total. The number of aromatic nitrogens is 3. The Morgan fingerprint density at radius 2 is 2.00 bits per heavy atom. The summed E-state index contributed by atoms with van der Waals surface area (Å²) in [7, 11) is -2.18. The van der Waals surface area contributed by atoms with Crippen molar-refractivity contribution < 1.29 is 12.8 Å². The molecule has 0 unspecified atom stereocenters. The monoisotopic (exact) mass is 375 g/mol. The molecule has 2 aromatic heterocycles. The van der Waals surface area contributed by atoms with Gasteiger partial charge in [0.1, 0.15) is 22.4 Å². The highest BCUT2D eigenvalue weighted by molar-refractivity contribution is 7.89. The molecule has 0 aliphatic carbocycles. The predicted molar refractivity (Wildman–Crippen MR) is 96.1 cm³/mol. The van der Waals surface area contributed by atoms with Crippen LogP contribution in [0, 0.1) is 12.7 Å². The quantitative estimate of drug-likeness (QED) is 0.690. The van der Waals surface area contributed by atoms with Crippen LogP contribution in [0.5, 0.6) is 0 Å². The highest BCUT2D eigenvalue weighted by Crippen LogP contribution is 2.18. The fraction of sp³-hybridized carbons (Fsp3) is 0.176. The van der Waals surface area contributed by atoms with Crippen LogP contribution < -0.4 is 10.0 Å². The summed E-state index contributed by atoms with van der Waals surface area (Å²) in [6.45, 7) is 2.16. The molecule has 136 valence electrons. The van der Waals surface area contributed by atoms with Crippen molar-refractivity contribution in [2.45, 2.75) is 18.4 Å². The van der Waals surface area contributed by atoms with Crippen molar-refractivity contribution in [3.8, 4) is 5.69 Å². The van der Waals surface area contributed by atoms with Gasteiger partial charge < -0.3 is 9.88 Å². The van der Waals surface area contributed by atoms with E-state index in [1.807, 2.05) is 6.07 Å². The second-order valence-electron chi connectivity index (χ2n) is 5.57. The summed E-state index contributed by atoms with van der Waals surface area (Å²) in [5, 5.41) is 3.04. The number of aryl methyl sites for hydroxylation is 1. The molecule has 3 rings (SSSR count). The minimum absolute atomic E-state index is 0.0802. The van der Waals surface area contributed by atoms with Gasteiger partial charge >= 0.3 is 0 Å². The summed E-state index contributed by atoms with van der Waals surface area (Å²) in [6.07, 6.45) is 4.59. The van der Waals surface area contributed by atoms with E-state index in [1.54, 1.807) is 36.0 Å². The van der Waals surface area contributed by atoms with Crippen molar-refractivity contribution in [3.63, 3.8) is 0 Å². The molecule has 0 amide bonds. The van der Waals surface area contributed by atoms with Gasteiger partial charge in [-0.15, -0.1) is 0 Å². The van der Waals surface area contributed by atoms with E-state index in [2.05, 4.69) is 20.0 Å². The average molecular weight is 375 g/mol. The van der Waals surface area contributed by atoms with Crippen LogP contribution in [0.25, 0.3) is 5.69 Å². The van der Waals surface area contributed by atoms with Crippen molar-refractivity contribution >= 4 is 15.8 Å². The lowest BCUT2D eigenvalue weighted by Crippen LogP contribution is -2.18. The number of nitrogens with zero attached hydrogens (tertiary/aromatic N) is 3. The predicted octanol–water partition coefficient (Wildman–Crippen LogP) is 2.24. The van der Waals surface area contributed by atoms with Gasteiger partial charge in [-0.2, -0.15) is 0 Å². The zero-order chi connectivity index (χ0) is 18.7.